The van der Waals surface area contributed by atoms with Crippen molar-refractivity contribution in [3.8, 4) is 0 Å². The standard InChI is InChI=1S/C16H18BrF3N2O/c1-10(11-2-4-13(5-3-11)16(18,19)20)22-7-6-12(9-22)14-8-15(17)21-23-14/h2-5,10,12,14H,6-9H2,1H3/t10-,12-,14-/m1/s1. The summed E-state index contributed by atoms with van der Waals surface area (Å²) in [6.45, 7) is 3.83. The lowest BCUT2D eigenvalue weighted by atomic mass is 9.99. The van der Waals surface area contributed by atoms with E-state index in [2.05, 4.69) is 26.0 Å². The number of rotatable bonds is 3. The van der Waals surface area contributed by atoms with Crippen LogP contribution < -0.4 is 0 Å². The number of oxime groups is 1. The molecule has 0 unspecified atom stereocenters. The lowest BCUT2D eigenvalue weighted by Gasteiger charge is -2.25. The maximum atomic E-state index is 12.6. The van der Waals surface area contributed by atoms with Crippen LogP contribution in [0.15, 0.2) is 29.4 Å². The van der Waals surface area contributed by atoms with E-state index in [0.29, 0.717) is 5.92 Å². The number of likely N-dealkylation sites (tertiary alicyclic amines) is 1. The molecule has 2 heterocycles. The molecular weight excluding hydrogens is 373 g/mol. The molecule has 0 saturated carbocycles. The van der Waals surface area contributed by atoms with E-state index in [1.165, 1.54) is 0 Å². The van der Waals surface area contributed by atoms with E-state index in [4.69, 9.17) is 4.84 Å². The van der Waals surface area contributed by atoms with E-state index in [0.717, 1.165) is 48.2 Å². The molecule has 3 atom stereocenters. The fourth-order valence-corrected chi connectivity index (χ4v) is 3.65. The molecule has 1 aromatic carbocycles. The van der Waals surface area contributed by atoms with Crippen molar-refractivity contribution < 1.29 is 18.0 Å². The highest BCUT2D eigenvalue weighted by molar-refractivity contribution is 9.18. The smallest absolute Gasteiger partial charge is 0.391 e. The van der Waals surface area contributed by atoms with E-state index < -0.39 is 11.7 Å². The van der Waals surface area contributed by atoms with Crippen molar-refractivity contribution in [2.45, 2.75) is 38.1 Å². The molecule has 1 fully saturated rings. The van der Waals surface area contributed by atoms with Gasteiger partial charge in [0.05, 0.1) is 5.56 Å². The van der Waals surface area contributed by atoms with Crippen LogP contribution >= 0.6 is 15.9 Å². The predicted molar refractivity (Wildman–Crippen MR) is 85.4 cm³/mol. The molecule has 0 radical (unpaired) electrons. The third-order valence-corrected chi connectivity index (χ3v) is 5.18. The highest BCUT2D eigenvalue weighted by Gasteiger charge is 2.36. The van der Waals surface area contributed by atoms with Crippen LogP contribution in [0.3, 0.4) is 0 Å². The van der Waals surface area contributed by atoms with Gasteiger partial charge in [-0.25, -0.2) is 0 Å². The highest BCUT2D eigenvalue weighted by atomic mass is 79.9. The Morgan fingerprint density at radius 2 is 2.00 bits per heavy atom. The molecule has 126 valence electrons. The normalized spacial score (nSPS) is 26.9. The van der Waals surface area contributed by atoms with Crippen LogP contribution in [0.5, 0.6) is 0 Å². The fraction of sp³-hybridized carbons (Fsp3) is 0.562. The summed E-state index contributed by atoms with van der Waals surface area (Å²) in [6.07, 6.45) is -2.36. The molecule has 0 amide bonds. The molecule has 23 heavy (non-hydrogen) atoms. The van der Waals surface area contributed by atoms with Gasteiger partial charge in [0.25, 0.3) is 0 Å². The summed E-state index contributed by atoms with van der Waals surface area (Å²) in [6, 6.07) is 5.56. The second-order valence-corrected chi connectivity index (χ2v) is 7.07. The maximum Gasteiger partial charge on any atom is 0.416 e. The summed E-state index contributed by atoms with van der Waals surface area (Å²) in [5.74, 6) is 0.408. The summed E-state index contributed by atoms with van der Waals surface area (Å²) in [4.78, 5) is 7.72. The average molecular weight is 391 g/mol. The van der Waals surface area contributed by atoms with Crippen LogP contribution in [0.25, 0.3) is 0 Å². The molecular formula is C16H18BrF3N2O. The molecule has 1 aromatic rings. The molecule has 0 aromatic heterocycles. The summed E-state index contributed by atoms with van der Waals surface area (Å²) < 4.78 is 38.8. The van der Waals surface area contributed by atoms with E-state index in [-0.39, 0.29) is 12.1 Å². The zero-order valence-corrected chi connectivity index (χ0v) is 14.3. The van der Waals surface area contributed by atoms with Crippen molar-refractivity contribution >= 4 is 20.6 Å². The summed E-state index contributed by atoms with van der Waals surface area (Å²) in [5, 5.41) is 3.93. The quantitative estimate of drug-likeness (QED) is 0.753. The minimum Gasteiger partial charge on any atom is -0.391 e. The highest BCUT2D eigenvalue weighted by Crippen LogP contribution is 2.34. The van der Waals surface area contributed by atoms with Gasteiger partial charge in [0.2, 0.25) is 0 Å². The van der Waals surface area contributed by atoms with Gasteiger partial charge >= 0.3 is 6.18 Å². The molecule has 0 aliphatic carbocycles. The number of nitrogens with zero attached hydrogens (tertiary/aromatic N) is 2. The minimum atomic E-state index is -4.28. The number of halogens is 4. The third kappa shape index (κ3) is 3.71. The Labute approximate surface area is 141 Å². The molecule has 3 rings (SSSR count). The summed E-state index contributed by atoms with van der Waals surface area (Å²) in [5.41, 5.74) is 0.303. The molecule has 0 bridgehead atoms. The van der Waals surface area contributed by atoms with Crippen LogP contribution in [0.4, 0.5) is 13.2 Å². The molecule has 7 heteroatoms. The zero-order chi connectivity index (χ0) is 16.6. The summed E-state index contributed by atoms with van der Waals surface area (Å²) >= 11 is 3.35. The van der Waals surface area contributed by atoms with Gasteiger partial charge in [-0.1, -0.05) is 17.3 Å². The Bertz CT molecular complexity index is 588. The average Bonchev–Trinajstić information content (AvgIpc) is 3.14. The van der Waals surface area contributed by atoms with Crippen molar-refractivity contribution in [2.75, 3.05) is 13.1 Å². The van der Waals surface area contributed by atoms with E-state index in [1.807, 2.05) is 6.92 Å². The number of hydrogen-bond donors (Lipinski definition) is 0. The van der Waals surface area contributed by atoms with Gasteiger partial charge < -0.3 is 4.84 Å². The minimum absolute atomic E-state index is 0.0908. The lowest BCUT2D eigenvalue weighted by molar-refractivity contribution is -0.137. The van der Waals surface area contributed by atoms with Gasteiger partial charge in [0, 0.05) is 24.9 Å². The van der Waals surface area contributed by atoms with Crippen molar-refractivity contribution in [3.05, 3.63) is 35.4 Å². The number of alkyl halides is 3. The van der Waals surface area contributed by atoms with E-state index in [1.54, 1.807) is 12.1 Å². The van der Waals surface area contributed by atoms with Gasteiger partial charge in [-0.05, 0) is 53.5 Å². The lowest BCUT2D eigenvalue weighted by Crippen LogP contribution is -2.28. The second-order valence-electron chi connectivity index (χ2n) is 6.15. The molecule has 0 spiro atoms. The van der Waals surface area contributed by atoms with Crippen molar-refractivity contribution in [3.63, 3.8) is 0 Å². The summed E-state index contributed by atoms with van der Waals surface area (Å²) in [7, 11) is 0. The maximum absolute atomic E-state index is 12.6. The monoisotopic (exact) mass is 390 g/mol. The van der Waals surface area contributed by atoms with Crippen molar-refractivity contribution in [1.29, 1.82) is 0 Å². The Balaban J connectivity index is 1.61. The first-order chi connectivity index (χ1) is 10.8. The Kier molecular flexibility index (Phi) is 4.69. The fourth-order valence-electron chi connectivity index (χ4n) is 3.25. The Morgan fingerprint density at radius 3 is 2.57 bits per heavy atom. The first-order valence-electron chi connectivity index (χ1n) is 7.64. The SMILES string of the molecule is C[C@H](c1ccc(C(F)(F)F)cc1)N1CC[C@@H]([C@H]2CC(Br)=NO2)C1. The van der Waals surface area contributed by atoms with Crippen LogP contribution in [0.2, 0.25) is 0 Å². The van der Waals surface area contributed by atoms with Crippen LogP contribution in [0.1, 0.15) is 36.9 Å². The Hall–Kier alpha value is -1.08. The van der Waals surface area contributed by atoms with Crippen LogP contribution in [-0.2, 0) is 11.0 Å². The van der Waals surface area contributed by atoms with Crippen LogP contribution in [-0.4, -0.2) is 28.7 Å². The largest absolute Gasteiger partial charge is 0.416 e. The third-order valence-electron chi connectivity index (χ3n) is 4.71. The van der Waals surface area contributed by atoms with Gasteiger partial charge in [0.1, 0.15) is 10.7 Å². The number of hydrogen-bond acceptors (Lipinski definition) is 3. The second kappa shape index (κ2) is 6.43. The molecule has 0 N–H and O–H groups in total. The van der Waals surface area contributed by atoms with E-state index in [9.17, 15) is 13.2 Å². The number of benzene rings is 1. The molecule has 3 nitrogen and oxygen atoms in total. The van der Waals surface area contributed by atoms with Gasteiger partial charge in [0.15, 0.2) is 0 Å². The predicted octanol–water partition coefficient (Wildman–Crippen LogP) is 4.59. The molecule has 2 aliphatic heterocycles. The van der Waals surface area contributed by atoms with E-state index >= 15 is 0 Å². The molecule has 2 aliphatic rings. The van der Waals surface area contributed by atoms with Gasteiger partial charge in [-0.3, -0.25) is 4.90 Å². The zero-order valence-electron chi connectivity index (χ0n) is 12.7. The van der Waals surface area contributed by atoms with Crippen molar-refractivity contribution in [1.82, 2.24) is 4.90 Å². The van der Waals surface area contributed by atoms with Crippen molar-refractivity contribution in [2.24, 2.45) is 11.1 Å². The van der Waals surface area contributed by atoms with Gasteiger partial charge in [-0.15, -0.1) is 0 Å². The topological polar surface area (TPSA) is 24.8 Å². The Morgan fingerprint density at radius 1 is 1.30 bits per heavy atom. The first-order valence-corrected chi connectivity index (χ1v) is 8.43. The van der Waals surface area contributed by atoms with Crippen LogP contribution in [0, 0.1) is 5.92 Å². The first kappa shape index (κ1) is 16.8. The molecule has 1 saturated heterocycles. The van der Waals surface area contributed by atoms with Gasteiger partial charge in [-0.2, -0.15) is 13.2 Å².